The van der Waals surface area contributed by atoms with E-state index in [-0.39, 0.29) is 16.5 Å². The lowest BCUT2D eigenvalue weighted by atomic mass is 9.97. The molecule has 0 saturated heterocycles. The Bertz CT molecular complexity index is 465. The molecule has 18 heavy (non-hydrogen) atoms. The van der Waals surface area contributed by atoms with Crippen LogP contribution in [0.4, 0.5) is 11.4 Å². The first-order valence-electron chi connectivity index (χ1n) is 5.94. The Morgan fingerprint density at radius 1 is 1.56 bits per heavy atom. The molecule has 1 aromatic carbocycles. The minimum absolute atomic E-state index is 0.138. The van der Waals surface area contributed by atoms with Crippen molar-refractivity contribution in [2.45, 2.75) is 12.3 Å². The zero-order chi connectivity index (χ0) is 13.3. The molecule has 0 N–H and O–H groups in total. The van der Waals surface area contributed by atoms with Gasteiger partial charge in [0.05, 0.1) is 4.92 Å². The topological polar surface area (TPSA) is 49.6 Å². The van der Waals surface area contributed by atoms with E-state index < -0.39 is 0 Å². The van der Waals surface area contributed by atoms with E-state index in [4.69, 9.17) is 7.98 Å². The molecule has 0 fully saturated rings. The number of fused-ring (bicyclic) bond motifs is 1. The molecule has 6 heteroatoms. The third-order valence-electron chi connectivity index (χ3n) is 3.31. The standard InChI is InChI=1S/C12H16BN3O2/c1-14(2)6-5-9-8-15(13)12-4-3-10(16(17)18)7-11(9)12/h3-4,7,9H,5-6,8H2,1-2H3. The van der Waals surface area contributed by atoms with Crippen molar-refractivity contribution < 1.29 is 4.92 Å². The van der Waals surface area contributed by atoms with E-state index in [2.05, 4.69) is 4.90 Å². The van der Waals surface area contributed by atoms with Gasteiger partial charge in [0.15, 0.2) is 0 Å². The molecule has 0 amide bonds. The molecular weight excluding hydrogens is 229 g/mol. The van der Waals surface area contributed by atoms with Gasteiger partial charge in [-0.3, -0.25) is 10.1 Å². The quantitative estimate of drug-likeness (QED) is 0.458. The second kappa shape index (κ2) is 4.98. The Balaban J connectivity index is 2.25. The summed E-state index contributed by atoms with van der Waals surface area (Å²) >= 11 is 0. The number of hydrogen-bond donors (Lipinski definition) is 0. The summed E-state index contributed by atoms with van der Waals surface area (Å²) in [4.78, 5) is 14.2. The molecule has 0 aliphatic carbocycles. The fourth-order valence-electron chi connectivity index (χ4n) is 2.34. The maximum atomic E-state index is 10.8. The summed E-state index contributed by atoms with van der Waals surface area (Å²) in [6.45, 7) is 1.67. The average molecular weight is 245 g/mol. The SMILES string of the molecule is [B]N1CC(CCN(C)C)c2cc([N+](=O)[O-])ccc21. The molecule has 5 nitrogen and oxygen atoms in total. The highest BCUT2D eigenvalue weighted by atomic mass is 16.6. The van der Waals surface area contributed by atoms with Crippen LogP contribution in [-0.4, -0.2) is 45.0 Å². The van der Waals surface area contributed by atoms with Gasteiger partial charge in [-0.1, -0.05) is 0 Å². The van der Waals surface area contributed by atoms with Crippen LogP contribution < -0.4 is 4.81 Å². The van der Waals surface area contributed by atoms with Gasteiger partial charge >= 0.3 is 0 Å². The van der Waals surface area contributed by atoms with Crippen LogP contribution in [0.3, 0.4) is 0 Å². The normalized spacial score (nSPS) is 18.2. The lowest BCUT2D eigenvalue weighted by molar-refractivity contribution is -0.384. The average Bonchev–Trinajstić information content (AvgIpc) is 2.63. The number of nitrogens with zero attached hydrogens (tertiary/aromatic N) is 3. The molecule has 0 spiro atoms. The van der Waals surface area contributed by atoms with Gasteiger partial charge in [0.1, 0.15) is 0 Å². The zero-order valence-corrected chi connectivity index (χ0v) is 10.7. The number of benzene rings is 1. The number of nitro groups is 1. The summed E-state index contributed by atoms with van der Waals surface area (Å²) in [5.74, 6) is 0.271. The van der Waals surface area contributed by atoms with Gasteiger partial charge < -0.3 is 9.71 Å². The third-order valence-corrected chi connectivity index (χ3v) is 3.31. The molecule has 94 valence electrons. The minimum Gasteiger partial charge on any atom is -0.424 e. The number of anilines is 1. The fraction of sp³-hybridized carbons (Fsp3) is 0.500. The van der Waals surface area contributed by atoms with Crippen molar-refractivity contribution in [1.82, 2.24) is 4.90 Å². The second-order valence-corrected chi connectivity index (χ2v) is 4.94. The highest BCUT2D eigenvalue weighted by Crippen LogP contribution is 2.38. The first-order chi connectivity index (χ1) is 8.49. The monoisotopic (exact) mass is 245 g/mol. The predicted molar refractivity (Wildman–Crippen MR) is 72.1 cm³/mol. The van der Waals surface area contributed by atoms with Gasteiger partial charge in [-0.25, -0.2) is 0 Å². The lowest BCUT2D eigenvalue weighted by Crippen LogP contribution is -2.20. The van der Waals surface area contributed by atoms with Crippen LogP contribution in [0.5, 0.6) is 0 Å². The van der Waals surface area contributed by atoms with Gasteiger partial charge in [-0.05, 0) is 38.7 Å². The molecule has 1 aromatic rings. The summed E-state index contributed by atoms with van der Waals surface area (Å²) < 4.78 is 0. The van der Waals surface area contributed by atoms with Crippen molar-refractivity contribution in [1.29, 1.82) is 0 Å². The number of non-ortho nitro benzene ring substituents is 1. The fourth-order valence-corrected chi connectivity index (χ4v) is 2.34. The van der Waals surface area contributed by atoms with Gasteiger partial charge in [0.2, 0.25) is 7.98 Å². The summed E-state index contributed by atoms with van der Waals surface area (Å²) in [5, 5.41) is 10.8. The van der Waals surface area contributed by atoms with Crippen LogP contribution in [0.25, 0.3) is 0 Å². The van der Waals surface area contributed by atoms with Crippen LogP contribution in [0.15, 0.2) is 18.2 Å². The van der Waals surface area contributed by atoms with Crippen molar-refractivity contribution in [3.8, 4) is 0 Å². The molecule has 1 unspecified atom stereocenters. The molecule has 1 atom stereocenters. The molecule has 2 radical (unpaired) electrons. The van der Waals surface area contributed by atoms with Crippen LogP contribution >= 0.6 is 0 Å². The largest absolute Gasteiger partial charge is 0.424 e. The Labute approximate surface area is 108 Å². The maximum absolute atomic E-state index is 10.8. The Morgan fingerprint density at radius 2 is 2.28 bits per heavy atom. The van der Waals surface area contributed by atoms with E-state index >= 15 is 0 Å². The maximum Gasteiger partial charge on any atom is 0.269 e. The van der Waals surface area contributed by atoms with Crippen molar-refractivity contribution in [3.63, 3.8) is 0 Å². The van der Waals surface area contributed by atoms with Crippen molar-refractivity contribution >= 4 is 19.4 Å². The van der Waals surface area contributed by atoms with Crippen molar-refractivity contribution in [3.05, 3.63) is 33.9 Å². The van der Waals surface area contributed by atoms with E-state index in [1.165, 1.54) is 6.07 Å². The van der Waals surface area contributed by atoms with Crippen LogP contribution in [0.1, 0.15) is 17.9 Å². The Kier molecular flexibility index (Phi) is 3.56. The first-order valence-corrected chi connectivity index (χ1v) is 5.94. The summed E-state index contributed by atoms with van der Waals surface area (Å²) in [6.07, 6.45) is 0.953. The molecule has 1 heterocycles. The highest BCUT2D eigenvalue weighted by molar-refractivity contribution is 6.19. The summed E-state index contributed by atoms with van der Waals surface area (Å²) in [6, 6.07) is 4.90. The van der Waals surface area contributed by atoms with Crippen LogP contribution in [0.2, 0.25) is 0 Å². The Morgan fingerprint density at radius 3 is 2.89 bits per heavy atom. The van der Waals surface area contributed by atoms with Crippen LogP contribution in [-0.2, 0) is 0 Å². The van der Waals surface area contributed by atoms with E-state index in [1.807, 2.05) is 14.1 Å². The molecule has 1 aliphatic rings. The van der Waals surface area contributed by atoms with E-state index in [9.17, 15) is 10.1 Å². The highest BCUT2D eigenvalue weighted by Gasteiger charge is 2.27. The molecule has 1 aliphatic heterocycles. The predicted octanol–water partition coefficient (Wildman–Crippen LogP) is 1.53. The lowest BCUT2D eigenvalue weighted by Gasteiger charge is -2.15. The number of hydrogen-bond acceptors (Lipinski definition) is 4. The van der Waals surface area contributed by atoms with Crippen molar-refractivity contribution in [2.75, 3.05) is 32.0 Å². The third kappa shape index (κ3) is 2.48. The molecule has 0 bridgehead atoms. The van der Waals surface area contributed by atoms with E-state index in [0.29, 0.717) is 0 Å². The van der Waals surface area contributed by atoms with Gasteiger partial charge in [-0.15, -0.1) is 0 Å². The van der Waals surface area contributed by atoms with Crippen LogP contribution in [0, 0.1) is 10.1 Å². The zero-order valence-electron chi connectivity index (χ0n) is 10.7. The number of nitro benzene ring substituents is 1. The summed E-state index contributed by atoms with van der Waals surface area (Å²) in [7, 11) is 9.95. The smallest absolute Gasteiger partial charge is 0.269 e. The first kappa shape index (κ1) is 12.9. The molecule has 0 saturated carbocycles. The van der Waals surface area contributed by atoms with Gasteiger partial charge in [-0.2, -0.15) is 0 Å². The molecule has 0 aromatic heterocycles. The molecular formula is C12H16BN3O2. The summed E-state index contributed by atoms with van der Waals surface area (Å²) in [5.41, 5.74) is 2.04. The van der Waals surface area contributed by atoms with Gasteiger partial charge in [0.25, 0.3) is 5.69 Å². The van der Waals surface area contributed by atoms with Gasteiger partial charge in [0, 0.05) is 30.3 Å². The molecule has 2 rings (SSSR count). The number of rotatable bonds is 4. The minimum atomic E-state index is -0.359. The van der Waals surface area contributed by atoms with Crippen molar-refractivity contribution in [2.24, 2.45) is 0 Å². The van der Waals surface area contributed by atoms with E-state index in [0.717, 1.165) is 30.8 Å². The Hall–Kier alpha value is -1.56. The van der Waals surface area contributed by atoms with E-state index in [1.54, 1.807) is 16.9 Å². The second-order valence-electron chi connectivity index (χ2n) is 4.94.